The summed E-state index contributed by atoms with van der Waals surface area (Å²) in [5.74, 6) is -1.16. The molecule has 0 fully saturated rings. The van der Waals surface area contributed by atoms with E-state index in [1.165, 1.54) is 25.7 Å². The molecular formula is C67H100O6. The SMILES string of the molecule is CC/C=C\C/C=C\C/C=C\C/C=C\C/C=C\C/C=C\CCC(=O)O[C@@H](COC(=O)CC/C=C\C/C=C\C/C=C\C/C=C\C/C=C\CCCCC)COC(=O)CCCCCC/C=C\C/C=C\C/C=C\C/C=C\CC. The largest absolute Gasteiger partial charge is 0.462 e. The van der Waals surface area contributed by atoms with Crippen molar-refractivity contribution in [2.24, 2.45) is 0 Å². The zero-order valence-corrected chi connectivity index (χ0v) is 46.1. The summed E-state index contributed by atoms with van der Waals surface area (Å²) < 4.78 is 16.7. The maximum Gasteiger partial charge on any atom is 0.306 e. The fourth-order valence-corrected chi connectivity index (χ4v) is 6.73. The Bertz CT molecular complexity index is 1770. The summed E-state index contributed by atoms with van der Waals surface area (Å²) in [5, 5.41) is 0. The second kappa shape index (κ2) is 59.1. The smallest absolute Gasteiger partial charge is 0.306 e. The molecule has 73 heavy (non-hydrogen) atoms. The van der Waals surface area contributed by atoms with Crippen molar-refractivity contribution in [3.8, 4) is 0 Å². The third kappa shape index (κ3) is 57.3. The van der Waals surface area contributed by atoms with Crippen molar-refractivity contribution < 1.29 is 28.6 Å². The summed E-state index contributed by atoms with van der Waals surface area (Å²) in [6.45, 7) is 6.21. The van der Waals surface area contributed by atoms with E-state index < -0.39 is 18.0 Å². The lowest BCUT2D eigenvalue weighted by molar-refractivity contribution is -0.166. The van der Waals surface area contributed by atoms with Gasteiger partial charge in [-0.05, 0) is 135 Å². The molecular weight excluding hydrogens is 901 g/mol. The van der Waals surface area contributed by atoms with Crippen molar-refractivity contribution in [1.29, 1.82) is 0 Å². The van der Waals surface area contributed by atoms with Gasteiger partial charge < -0.3 is 14.2 Å². The molecule has 0 spiro atoms. The van der Waals surface area contributed by atoms with Gasteiger partial charge in [0.2, 0.25) is 0 Å². The normalized spacial score (nSPS) is 13.5. The number of carbonyl (C=O) groups is 3. The molecule has 0 aromatic carbocycles. The summed E-state index contributed by atoms with van der Waals surface area (Å²) >= 11 is 0. The Morgan fingerprint density at radius 3 is 0.904 bits per heavy atom. The lowest BCUT2D eigenvalue weighted by Crippen LogP contribution is -2.30. The molecule has 0 aliphatic heterocycles. The monoisotopic (exact) mass is 1000 g/mol. The van der Waals surface area contributed by atoms with Crippen molar-refractivity contribution in [3.05, 3.63) is 182 Å². The molecule has 0 aromatic heterocycles. The molecule has 0 rings (SSSR count). The molecule has 6 heteroatoms. The van der Waals surface area contributed by atoms with Gasteiger partial charge in [-0.1, -0.05) is 229 Å². The van der Waals surface area contributed by atoms with Gasteiger partial charge in [0.1, 0.15) is 13.2 Å². The maximum absolute atomic E-state index is 12.8. The molecule has 0 radical (unpaired) electrons. The van der Waals surface area contributed by atoms with Crippen LogP contribution in [0.4, 0.5) is 0 Å². The summed E-state index contributed by atoms with van der Waals surface area (Å²) in [5.41, 5.74) is 0. The molecule has 0 amide bonds. The third-order valence-electron chi connectivity index (χ3n) is 10.9. The first kappa shape index (κ1) is 67.5. The molecule has 1 atom stereocenters. The second-order valence-corrected chi connectivity index (χ2v) is 17.7. The van der Waals surface area contributed by atoms with Gasteiger partial charge >= 0.3 is 17.9 Å². The van der Waals surface area contributed by atoms with E-state index in [9.17, 15) is 14.4 Å². The third-order valence-corrected chi connectivity index (χ3v) is 10.9. The number of allylic oxidation sites excluding steroid dienone is 30. The Labute approximate surface area is 446 Å². The van der Waals surface area contributed by atoms with Crippen molar-refractivity contribution in [2.45, 2.75) is 207 Å². The highest BCUT2D eigenvalue weighted by atomic mass is 16.6. The Kier molecular flexibility index (Phi) is 54.6. The molecule has 404 valence electrons. The lowest BCUT2D eigenvalue weighted by atomic mass is 10.1. The molecule has 0 heterocycles. The van der Waals surface area contributed by atoms with Crippen molar-refractivity contribution in [1.82, 2.24) is 0 Å². The van der Waals surface area contributed by atoms with Crippen LogP contribution in [0.25, 0.3) is 0 Å². The quantitative estimate of drug-likeness (QED) is 0.0262. The maximum atomic E-state index is 12.8. The topological polar surface area (TPSA) is 78.9 Å². The number of carbonyl (C=O) groups excluding carboxylic acids is 3. The van der Waals surface area contributed by atoms with Gasteiger partial charge in [-0.3, -0.25) is 14.4 Å². The predicted molar refractivity (Wildman–Crippen MR) is 315 cm³/mol. The molecule has 0 aliphatic rings. The van der Waals surface area contributed by atoms with Crippen LogP contribution in [-0.4, -0.2) is 37.2 Å². The molecule has 6 nitrogen and oxygen atoms in total. The Balaban J connectivity index is 4.71. The summed E-state index contributed by atoms with van der Waals surface area (Å²) in [7, 11) is 0. The first-order valence-corrected chi connectivity index (χ1v) is 28.3. The van der Waals surface area contributed by atoms with Crippen LogP contribution in [-0.2, 0) is 28.6 Å². The number of unbranched alkanes of at least 4 members (excludes halogenated alkanes) is 7. The van der Waals surface area contributed by atoms with Crippen LogP contribution in [0.3, 0.4) is 0 Å². The first-order valence-electron chi connectivity index (χ1n) is 28.3. The number of hydrogen-bond acceptors (Lipinski definition) is 6. The molecule has 0 saturated heterocycles. The fourth-order valence-electron chi connectivity index (χ4n) is 6.73. The van der Waals surface area contributed by atoms with E-state index >= 15 is 0 Å². The number of rotatable bonds is 48. The van der Waals surface area contributed by atoms with Gasteiger partial charge in [0, 0.05) is 19.3 Å². The zero-order valence-electron chi connectivity index (χ0n) is 46.1. The molecule has 0 aliphatic carbocycles. The average Bonchev–Trinajstić information content (AvgIpc) is 3.39. The second-order valence-electron chi connectivity index (χ2n) is 17.7. The van der Waals surface area contributed by atoms with Gasteiger partial charge in [0.15, 0.2) is 6.10 Å². The predicted octanol–water partition coefficient (Wildman–Crippen LogP) is 19.3. The van der Waals surface area contributed by atoms with Crippen molar-refractivity contribution >= 4 is 17.9 Å². The van der Waals surface area contributed by atoms with Crippen LogP contribution in [0.5, 0.6) is 0 Å². The highest BCUT2D eigenvalue weighted by molar-refractivity contribution is 5.71. The van der Waals surface area contributed by atoms with E-state index in [1.807, 2.05) is 24.3 Å². The minimum Gasteiger partial charge on any atom is -0.462 e. The van der Waals surface area contributed by atoms with Crippen LogP contribution >= 0.6 is 0 Å². The Hall–Kier alpha value is -5.49. The van der Waals surface area contributed by atoms with Gasteiger partial charge in [-0.25, -0.2) is 0 Å². The van der Waals surface area contributed by atoms with Gasteiger partial charge in [-0.2, -0.15) is 0 Å². The van der Waals surface area contributed by atoms with Gasteiger partial charge in [0.05, 0.1) is 0 Å². The standard InChI is InChI=1S/C67H100O6/c1-4-7-10-13-16-19-22-25-28-31-33-36-39-42-45-48-51-54-57-60-66(69)72-63-64(62-71-65(68)59-56-53-50-47-44-41-38-35-30-27-24-21-18-15-12-9-6-3)73-67(70)61-58-55-52-49-46-43-40-37-34-32-29-26-23-20-17-14-11-8-5-2/h8-9,11-12,16-21,25-30,33-34,36-38,41-43,45-46,51-52,54-55,64H,4-7,10,13-15,22-24,31-32,35,39-40,44,47-50,53,56-63H2,1-3H3/b11-8-,12-9-,19-16-,20-17-,21-18-,28-25-,29-26-,30-27-,36-33-,37-34-,41-38-,45-42-,46-43-,54-51-,55-52-/t64-/m1/s1. The average molecular weight is 1000 g/mol. The molecule has 0 N–H and O–H groups in total. The lowest BCUT2D eigenvalue weighted by Gasteiger charge is -2.18. The number of esters is 3. The van der Waals surface area contributed by atoms with Crippen molar-refractivity contribution in [2.75, 3.05) is 13.2 Å². The Morgan fingerprint density at radius 2 is 0.562 bits per heavy atom. The summed E-state index contributed by atoms with van der Waals surface area (Å²) in [4.78, 5) is 38.1. The van der Waals surface area contributed by atoms with Gasteiger partial charge in [0.25, 0.3) is 0 Å². The molecule has 0 unspecified atom stereocenters. The van der Waals surface area contributed by atoms with E-state index in [-0.39, 0.29) is 32.0 Å². The summed E-state index contributed by atoms with van der Waals surface area (Å²) in [6, 6.07) is 0. The van der Waals surface area contributed by atoms with Gasteiger partial charge in [-0.15, -0.1) is 0 Å². The van der Waals surface area contributed by atoms with Crippen LogP contribution in [0.1, 0.15) is 201 Å². The van der Waals surface area contributed by atoms with Crippen LogP contribution in [0.2, 0.25) is 0 Å². The van der Waals surface area contributed by atoms with E-state index in [0.29, 0.717) is 19.3 Å². The minimum absolute atomic E-state index is 0.154. The van der Waals surface area contributed by atoms with E-state index in [1.54, 1.807) is 0 Å². The highest BCUT2D eigenvalue weighted by Crippen LogP contribution is 2.10. The molecule has 0 aromatic rings. The first-order chi connectivity index (χ1) is 36.0. The van der Waals surface area contributed by atoms with E-state index in [2.05, 4.69) is 179 Å². The zero-order chi connectivity index (χ0) is 52.9. The fraction of sp³-hybridized carbons (Fsp3) is 0.507. The molecule has 0 saturated carbocycles. The van der Waals surface area contributed by atoms with E-state index in [4.69, 9.17) is 14.2 Å². The van der Waals surface area contributed by atoms with Crippen molar-refractivity contribution in [3.63, 3.8) is 0 Å². The van der Waals surface area contributed by atoms with Crippen LogP contribution in [0.15, 0.2) is 182 Å². The van der Waals surface area contributed by atoms with Crippen LogP contribution in [0, 0.1) is 0 Å². The number of hydrogen-bond donors (Lipinski definition) is 0. The van der Waals surface area contributed by atoms with E-state index in [0.717, 1.165) is 122 Å². The number of ether oxygens (including phenoxy) is 3. The molecule has 0 bridgehead atoms. The summed E-state index contributed by atoms with van der Waals surface area (Å²) in [6.07, 6.45) is 89.0. The minimum atomic E-state index is -0.871. The Morgan fingerprint density at radius 1 is 0.288 bits per heavy atom. The van der Waals surface area contributed by atoms with Crippen LogP contribution < -0.4 is 0 Å². The highest BCUT2D eigenvalue weighted by Gasteiger charge is 2.19.